The molecule has 0 saturated heterocycles. The summed E-state index contributed by atoms with van der Waals surface area (Å²) in [6.45, 7) is 7.63. The molecule has 1 atom stereocenters. The highest BCUT2D eigenvalue weighted by molar-refractivity contribution is 7.09. The van der Waals surface area contributed by atoms with Gasteiger partial charge in [0.2, 0.25) is 5.91 Å². The third kappa shape index (κ3) is 4.93. The lowest BCUT2D eigenvalue weighted by Gasteiger charge is -2.31. The molecule has 2 N–H and O–H groups in total. The third-order valence-corrected chi connectivity index (χ3v) is 3.86. The summed E-state index contributed by atoms with van der Waals surface area (Å²) in [6, 6.07) is 3.52. The fraction of sp³-hybridized carbons (Fsp3) is 0.643. The second-order valence-corrected chi connectivity index (χ2v) is 6.71. The van der Waals surface area contributed by atoms with Gasteiger partial charge in [-0.1, -0.05) is 26.8 Å². The van der Waals surface area contributed by atoms with Crippen LogP contribution in [0.2, 0.25) is 0 Å². The molecule has 1 heterocycles. The van der Waals surface area contributed by atoms with Crippen LogP contribution in [-0.4, -0.2) is 37.1 Å². The molecule has 0 aliphatic carbocycles. The Balaban J connectivity index is 2.75. The highest BCUT2D eigenvalue weighted by Gasteiger charge is 2.31. The molecule has 108 valence electrons. The van der Waals surface area contributed by atoms with Crippen molar-refractivity contribution in [2.75, 3.05) is 20.3 Å². The topological polar surface area (TPSA) is 55.6 Å². The minimum Gasteiger partial charge on any atom is -0.383 e. The number of rotatable bonds is 6. The molecule has 0 aliphatic heterocycles. The van der Waals surface area contributed by atoms with Crippen LogP contribution in [0.3, 0.4) is 0 Å². The van der Waals surface area contributed by atoms with Crippen molar-refractivity contribution < 1.29 is 9.53 Å². The molecule has 0 spiro atoms. The number of hydrogen-bond acceptors (Lipinski definition) is 4. The van der Waals surface area contributed by atoms with E-state index in [1.165, 1.54) is 0 Å². The molecule has 0 saturated carbocycles. The van der Waals surface area contributed by atoms with Gasteiger partial charge >= 0.3 is 0 Å². The van der Waals surface area contributed by atoms with Crippen LogP contribution >= 0.6 is 11.3 Å². The maximum atomic E-state index is 12.5. The number of nitrogens with zero attached hydrogens (tertiary/aromatic N) is 1. The van der Waals surface area contributed by atoms with E-state index in [9.17, 15) is 4.79 Å². The van der Waals surface area contributed by atoms with Crippen LogP contribution < -0.4 is 5.73 Å². The van der Waals surface area contributed by atoms with Gasteiger partial charge in [0.05, 0.1) is 19.2 Å². The number of carbonyl (C=O) groups excluding carboxylic acids is 1. The van der Waals surface area contributed by atoms with Crippen molar-refractivity contribution in [2.45, 2.75) is 33.4 Å². The molecule has 0 radical (unpaired) electrons. The van der Waals surface area contributed by atoms with E-state index in [0.717, 1.165) is 4.88 Å². The van der Waals surface area contributed by atoms with Crippen molar-refractivity contribution >= 4 is 17.2 Å². The zero-order valence-corrected chi connectivity index (χ0v) is 13.0. The molecule has 1 aromatic rings. The fourth-order valence-electron chi connectivity index (χ4n) is 1.63. The highest BCUT2D eigenvalue weighted by Crippen LogP contribution is 2.20. The molecule has 1 rings (SSSR count). The van der Waals surface area contributed by atoms with E-state index >= 15 is 0 Å². The van der Waals surface area contributed by atoms with Crippen molar-refractivity contribution in [3.63, 3.8) is 0 Å². The second kappa shape index (κ2) is 7.03. The van der Waals surface area contributed by atoms with Gasteiger partial charge in [0.1, 0.15) is 0 Å². The van der Waals surface area contributed by atoms with Crippen molar-refractivity contribution in [1.82, 2.24) is 4.90 Å². The van der Waals surface area contributed by atoms with Gasteiger partial charge in [0.25, 0.3) is 0 Å². The SMILES string of the molecule is COCCN(Cc1cccs1)C(=O)[C@@H](N)C(C)(C)C. The molecule has 1 aromatic heterocycles. The number of ether oxygens (including phenoxy) is 1. The standard InChI is InChI=1S/C14H24N2O2S/c1-14(2,3)12(15)13(17)16(7-8-18-4)10-11-6-5-9-19-11/h5-6,9,12H,7-8,10,15H2,1-4H3/t12-/m1/s1. The molecular weight excluding hydrogens is 260 g/mol. The van der Waals surface area contributed by atoms with Crippen LogP contribution in [0.25, 0.3) is 0 Å². The predicted octanol–water partition coefficient (Wildman–Crippen LogP) is 2.10. The molecule has 0 unspecified atom stereocenters. The lowest BCUT2D eigenvalue weighted by molar-refractivity contribution is -0.136. The fourth-order valence-corrected chi connectivity index (χ4v) is 2.35. The Hall–Kier alpha value is -0.910. The maximum Gasteiger partial charge on any atom is 0.240 e. The molecule has 0 bridgehead atoms. The number of carbonyl (C=O) groups is 1. The Morgan fingerprint density at radius 2 is 2.21 bits per heavy atom. The van der Waals surface area contributed by atoms with Crippen LogP contribution in [0.4, 0.5) is 0 Å². The largest absolute Gasteiger partial charge is 0.383 e. The number of nitrogens with two attached hydrogens (primary N) is 1. The normalized spacial score (nSPS) is 13.3. The number of thiophene rings is 1. The van der Waals surface area contributed by atoms with Crippen LogP contribution in [0.1, 0.15) is 25.6 Å². The summed E-state index contributed by atoms with van der Waals surface area (Å²) in [7, 11) is 1.64. The average Bonchev–Trinajstić information content (AvgIpc) is 2.84. The van der Waals surface area contributed by atoms with Gasteiger partial charge < -0.3 is 15.4 Å². The Morgan fingerprint density at radius 1 is 1.53 bits per heavy atom. The Labute approximate surface area is 119 Å². The summed E-state index contributed by atoms with van der Waals surface area (Å²) in [5.74, 6) is -0.0158. The highest BCUT2D eigenvalue weighted by atomic mass is 32.1. The number of amides is 1. The Kier molecular flexibility index (Phi) is 5.97. The van der Waals surface area contributed by atoms with Gasteiger partial charge in [0.15, 0.2) is 0 Å². The Morgan fingerprint density at radius 3 is 2.68 bits per heavy atom. The van der Waals surface area contributed by atoms with Gasteiger partial charge in [-0.3, -0.25) is 4.79 Å². The lowest BCUT2D eigenvalue weighted by atomic mass is 9.86. The van der Waals surface area contributed by atoms with Gasteiger partial charge in [-0.05, 0) is 16.9 Å². The summed E-state index contributed by atoms with van der Waals surface area (Å²) in [6.07, 6.45) is 0. The first-order chi connectivity index (χ1) is 8.86. The van der Waals surface area contributed by atoms with Crippen molar-refractivity contribution in [1.29, 1.82) is 0 Å². The predicted molar refractivity (Wildman–Crippen MR) is 79.0 cm³/mol. The number of methoxy groups -OCH3 is 1. The zero-order chi connectivity index (χ0) is 14.5. The van der Waals surface area contributed by atoms with E-state index < -0.39 is 6.04 Å². The van der Waals surface area contributed by atoms with Crippen LogP contribution in [0.5, 0.6) is 0 Å². The molecule has 1 amide bonds. The van der Waals surface area contributed by atoms with Crippen LogP contribution in [0.15, 0.2) is 17.5 Å². The van der Waals surface area contributed by atoms with Crippen LogP contribution in [-0.2, 0) is 16.1 Å². The third-order valence-electron chi connectivity index (χ3n) is 3.00. The lowest BCUT2D eigenvalue weighted by Crippen LogP contribution is -2.50. The summed E-state index contributed by atoms with van der Waals surface area (Å²) in [4.78, 5) is 15.4. The summed E-state index contributed by atoms with van der Waals surface area (Å²) in [5, 5.41) is 2.01. The number of hydrogen-bond donors (Lipinski definition) is 1. The molecule has 0 aliphatic rings. The first kappa shape index (κ1) is 16.1. The van der Waals surface area contributed by atoms with E-state index in [2.05, 4.69) is 0 Å². The monoisotopic (exact) mass is 284 g/mol. The van der Waals surface area contributed by atoms with Gasteiger partial charge in [0, 0.05) is 18.5 Å². The zero-order valence-electron chi connectivity index (χ0n) is 12.2. The average molecular weight is 284 g/mol. The van der Waals surface area contributed by atoms with E-state index in [4.69, 9.17) is 10.5 Å². The van der Waals surface area contributed by atoms with Gasteiger partial charge in [-0.25, -0.2) is 0 Å². The van der Waals surface area contributed by atoms with Crippen molar-refractivity contribution in [3.05, 3.63) is 22.4 Å². The molecule has 5 heteroatoms. The molecule has 0 fully saturated rings. The van der Waals surface area contributed by atoms with E-state index in [1.54, 1.807) is 23.3 Å². The Bertz CT molecular complexity index is 385. The minimum absolute atomic E-state index is 0.0158. The smallest absolute Gasteiger partial charge is 0.240 e. The van der Waals surface area contributed by atoms with Gasteiger partial charge in [-0.15, -0.1) is 11.3 Å². The van der Waals surface area contributed by atoms with E-state index in [-0.39, 0.29) is 11.3 Å². The second-order valence-electron chi connectivity index (χ2n) is 5.68. The molecule has 19 heavy (non-hydrogen) atoms. The molecular formula is C14H24N2O2S. The first-order valence-electron chi connectivity index (χ1n) is 6.42. The molecule has 4 nitrogen and oxygen atoms in total. The first-order valence-corrected chi connectivity index (χ1v) is 7.30. The summed E-state index contributed by atoms with van der Waals surface area (Å²) < 4.78 is 5.08. The maximum absolute atomic E-state index is 12.5. The van der Waals surface area contributed by atoms with E-state index in [1.807, 2.05) is 38.3 Å². The van der Waals surface area contributed by atoms with Crippen molar-refractivity contribution in [2.24, 2.45) is 11.1 Å². The van der Waals surface area contributed by atoms with E-state index in [0.29, 0.717) is 19.7 Å². The molecule has 0 aromatic carbocycles. The van der Waals surface area contributed by atoms with Gasteiger partial charge in [-0.2, -0.15) is 0 Å². The summed E-state index contributed by atoms with van der Waals surface area (Å²) >= 11 is 1.65. The van der Waals surface area contributed by atoms with Crippen LogP contribution in [0, 0.1) is 5.41 Å². The van der Waals surface area contributed by atoms with Crippen molar-refractivity contribution in [3.8, 4) is 0 Å². The quantitative estimate of drug-likeness (QED) is 0.870. The summed E-state index contributed by atoms with van der Waals surface area (Å²) in [5.41, 5.74) is 5.83. The minimum atomic E-state index is -0.496.